The molecule has 0 saturated heterocycles. The van der Waals surface area contributed by atoms with Gasteiger partial charge in [0.05, 0.1) is 15.7 Å². The topological polar surface area (TPSA) is 54.7 Å². The molecule has 2 aromatic carbocycles. The van der Waals surface area contributed by atoms with Crippen molar-refractivity contribution in [3.05, 3.63) is 45.6 Å². The lowest BCUT2D eigenvalue weighted by atomic mass is 10.2. The number of nitrogens with one attached hydrogen (secondary N) is 1. The van der Waals surface area contributed by atoms with Gasteiger partial charge in [0, 0.05) is 10.6 Å². The van der Waals surface area contributed by atoms with Gasteiger partial charge in [-0.3, -0.25) is 0 Å². The minimum atomic E-state index is -0.344. The van der Waals surface area contributed by atoms with Crippen LogP contribution in [0.1, 0.15) is 0 Å². The van der Waals surface area contributed by atoms with Crippen LogP contribution in [0, 0.1) is 5.82 Å². The molecule has 3 nitrogen and oxygen atoms in total. The van der Waals surface area contributed by atoms with E-state index in [4.69, 9.17) is 17.3 Å². The lowest BCUT2D eigenvalue weighted by Gasteiger charge is -1.98. The number of nitrogens with zero attached hydrogens (tertiary/aromatic N) is 1. The molecule has 0 amide bonds. The van der Waals surface area contributed by atoms with E-state index in [1.165, 1.54) is 6.07 Å². The molecule has 1 aromatic heterocycles. The molecular weight excluding hydrogens is 333 g/mol. The van der Waals surface area contributed by atoms with Gasteiger partial charge in [0.2, 0.25) is 0 Å². The van der Waals surface area contributed by atoms with Crippen molar-refractivity contribution in [3.8, 4) is 11.4 Å². The Balaban J connectivity index is 2.20. The van der Waals surface area contributed by atoms with Crippen LogP contribution in [0.4, 0.5) is 10.1 Å². The molecule has 96 valence electrons. The molecule has 3 aromatic rings. The number of nitrogen functional groups attached to an aromatic ring is 1. The number of fused-ring (bicyclic) bond motifs is 1. The van der Waals surface area contributed by atoms with Gasteiger partial charge in [0.1, 0.15) is 17.2 Å². The van der Waals surface area contributed by atoms with E-state index in [1.807, 2.05) is 0 Å². The largest absolute Gasteiger partial charge is 0.397 e. The molecule has 0 fully saturated rings. The van der Waals surface area contributed by atoms with E-state index in [9.17, 15) is 4.39 Å². The molecule has 0 spiro atoms. The highest BCUT2D eigenvalue weighted by molar-refractivity contribution is 9.10. The molecule has 1 heterocycles. The second kappa shape index (κ2) is 4.51. The summed E-state index contributed by atoms with van der Waals surface area (Å²) in [6, 6.07) is 8.17. The van der Waals surface area contributed by atoms with Gasteiger partial charge in [-0.15, -0.1) is 0 Å². The second-order valence-electron chi connectivity index (χ2n) is 4.11. The third-order valence-electron chi connectivity index (χ3n) is 2.77. The zero-order valence-electron chi connectivity index (χ0n) is 9.55. The Morgan fingerprint density at radius 1 is 1.26 bits per heavy atom. The van der Waals surface area contributed by atoms with E-state index in [0.717, 1.165) is 5.52 Å². The number of aromatic amines is 1. The fourth-order valence-corrected chi connectivity index (χ4v) is 2.36. The SMILES string of the molecule is Nc1cc(Cl)cc2[nH]c(-c3ccc(Br)c(F)c3)nc12. The molecule has 6 heteroatoms. The number of hydrogen-bond donors (Lipinski definition) is 2. The molecule has 0 aliphatic rings. The standard InChI is InChI=1S/C13H8BrClFN3/c14-8-2-1-6(3-9(8)16)13-18-11-5-7(15)4-10(17)12(11)19-13/h1-5H,17H2,(H,18,19). The summed E-state index contributed by atoms with van der Waals surface area (Å²) < 4.78 is 13.9. The minimum Gasteiger partial charge on any atom is -0.397 e. The minimum absolute atomic E-state index is 0.344. The normalized spacial score (nSPS) is 11.1. The molecule has 3 rings (SSSR count). The van der Waals surface area contributed by atoms with Crippen LogP contribution in [-0.2, 0) is 0 Å². The predicted molar refractivity (Wildman–Crippen MR) is 78.6 cm³/mol. The number of imidazole rings is 1. The number of nitrogens with two attached hydrogens (primary N) is 1. The third-order valence-corrected chi connectivity index (χ3v) is 3.64. The Labute approximate surface area is 121 Å². The highest BCUT2D eigenvalue weighted by Crippen LogP contribution is 2.28. The Kier molecular flexibility index (Phi) is 2.95. The highest BCUT2D eigenvalue weighted by atomic mass is 79.9. The summed E-state index contributed by atoms with van der Waals surface area (Å²) in [5.74, 6) is 0.208. The van der Waals surface area contributed by atoms with E-state index in [2.05, 4.69) is 25.9 Å². The fourth-order valence-electron chi connectivity index (χ4n) is 1.89. The maximum Gasteiger partial charge on any atom is 0.138 e. The van der Waals surface area contributed by atoms with Crippen LogP contribution in [0.25, 0.3) is 22.4 Å². The van der Waals surface area contributed by atoms with E-state index in [0.29, 0.717) is 32.1 Å². The van der Waals surface area contributed by atoms with E-state index in [-0.39, 0.29) is 5.82 Å². The van der Waals surface area contributed by atoms with Gasteiger partial charge in [0.15, 0.2) is 0 Å². The van der Waals surface area contributed by atoms with Crippen molar-refractivity contribution in [2.75, 3.05) is 5.73 Å². The van der Waals surface area contributed by atoms with Crippen LogP contribution in [0.2, 0.25) is 5.02 Å². The van der Waals surface area contributed by atoms with Crippen molar-refractivity contribution in [3.63, 3.8) is 0 Å². The predicted octanol–water partition coefficient (Wildman–Crippen LogP) is 4.37. The molecular formula is C13H8BrClFN3. The van der Waals surface area contributed by atoms with Crippen LogP contribution >= 0.6 is 27.5 Å². The van der Waals surface area contributed by atoms with E-state index in [1.54, 1.807) is 24.3 Å². The highest BCUT2D eigenvalue weighted by Gasteiger charge is 2.10. The van der Waals surface area contributed by atoms with E-state index >= 15 is 0 Å². The fraction of sp³-hybridized carbons (Fsp3) is 0. The maximum atomic E-state index is 13.5. The summed E-state index contributed by atoms with van der Waals surface area (Å²) in [6.45, 7) is 0. The molecule has 0 saturated carbocycles. The molecule has 0 bridgehead atoms. The summed E-state index contributed by atoms with van der Waals surface area (Å²) in [4.78, 5) is 7.46. The molecule has 0 unspecified atom stereocenters. The van der Waals surface area contributed by atoms with Crippen molar-refractivity contribution in [1.29, 1.82) is 0 Å². The van der Waals surface area contributed by atoms with Crippen molar-refractivity contribution in [2.24, 2.45) is 0 Å². The third kappa shape index (κ3) is 2.19. The molecule has 0 aliphatic heterocycles. The number of anilines is 1. The van der Waals surface area contributed by atoms with Crippen molar-refractivity contribution in [2.45, 2.75) is 0 Å². The number of benzene rings is 2. The number of rotatable bonds is 1. The van der Waals surface area contributed by atoms with Crippen LogP contribution in [-0.4, -0.2) is 9.97 Å². The summed E-state index contributed by atoms with van der Waals surface area (Å²) >= 11 is 9.05. The average Bonchev–Trinajstić information content (AvgIpc) is 2.76. The average molecular weight is 341 g/mol. The number of H-pyrrole nitrogens is 1. The van der Waals surface area contributed by atoms with E-state index < -0.39 is 0 Å². The Hall–Kier alpha value is -1.59. The first kappa shape index (κ1) is 12.4. The Morgan fingerprint density at radius 2 is 2.05 bits per heavy atom. The van der Waals surface area contributed by atoms with Gasteiger partial charge in [-0.05, 0) is 46.3 Å². The summed E-state index contributed by atoms with van der Waals surface area (Å²) in [6.07, 6.45) is 0. The quantitative estimate of drug-likeness (QED) is 0.646. The number of halogens is 3. The van der Waals surface area contributed by atoms with Gasteiger partial charge < -0.3 is 10.7 Å². The molecule has 0 radical (unpaired) electrons. The summed E-state index contributed by atoms with van der Waals surface area (Å²) in [5, 5.41) is 0.530. The van der Waals surface area contributed by atoms with Gasteiger partial charge in [0.25, 0.3) is 0 Å². The summed E-state index contributed by atoms with van der Waals surface area (Å²) in [7, 11) is 0. The lowest BCUT2D eigenvalue weighted by molar-refractivity contribution is 0.621. The van der Waals surface area contributed by atoms with Crippen LogP contribution < -0.4 is 5.73 Å². The zero-order valence-corrected chi connectivity index (χ0v) is 11.9. The molecule has 0 atom stereocenters. The Bertz CT molecular complexity index is 785. The smallest absolute Gasteiger partial charge is 0.138 e. The molecule has 0 aliphatic carbocycles. The number of hydrogen-bond acceptors (Lipinski definition) is 2. The van der Waals surface area contributed by atoms with Crippen molar-refractivity contribution in [1.82, 2.24) is 9.97 Å². The van der Waals surface area contributed by atoms with Crippen LogP contribution in [0.15, 0.2) is 34.8 Å². The molecule has 19 heavy (non-hydrogen) atoms. The van der Waals surface area contributed by atoms with Gasteiger partial charge >= 0.3 is 0 Å². The van der Waals surface area contributed by atoms with Crippen LogP contribution in [0.3, 0.4) is 0 Å². The monoisotopic (exact) mass is 339 g/mol. The van der Waals surface area contributed by atoms with Gasteiger partial charge in [-0.1, -0.05) is 11.6 Å². The van der Waals surface area contributed by atoms with Crippen LogP contribution in [0.5, 0.6) is 0 Å². The maximum absolute atomic E-state index is 13.5. The first-order chi connectivity index (χ1) is 9.04. The first-order valence-electron chi connectivity index (χ1n) is 5.45. The van der Waals surface area contributed by atoms with Crippen molar-refractivity contribution < 1.29 is 4.39 Å². The number of aromatic nitrogens is 2. The zero-order chi connectivity index (χ0) is 13.6. The Morgan fingerprint density at radius 3 is 2.79 bits per heavy atom. The van der Waals surface area contributed by atoms with Gasteiger partial charge in [-0.2, -0.15) is 0 Å². The second-order valence-corrected chi connectivity index (χ2v) is 5.40. The lowest BCUT2D eigenvalue weighted by Crippen LogP contribution is -1.86. The first-order valence-corrected chi connectivity index (χ1v) is 6.62. The van der Waals surface area contributed by atoms with Crippen molar-refractivity contribution >= 4 is 44.3 Å². The molecule has 3 N–H and O–H groups in total. The van der Waals surface area contributed by atoms with Gasteiger partial charge in [-0.25, -0.2) is 9.37 Å². The summed E-state index contributed by atoms with van der Waals surface area (Å²) in [5.41, 5.74) is 8.34.